The van der Waals surface area contributed by atoms with E-state index in [0.717, 1.165) is 5.56 Å². The number of anilines is 1. The van der Waals surface area contributed by atoms with Crippen LogP contribution in [-0.4, -0.2) is 12.5 Å². The average Bonchev–Trinajstić information content (AvgIpc) is 2.48. The number of nitrogens with one attached hydrogen (secondary N) is 1. The molecule has 0 heterocycles. The highest BCUT2D eigenvalue weighted by Crippen LogP contribution is 2.15. The van der Waals surface area contributed by atoms with Crippen molar-refractivity contribution in [3.05, 3.63) is 65.0 Å². The summed E-state index contributed by atoms with van der Waals surface area (Å²) in [4.78, 5) is 12.3. The molecule has 2 rings (SSSR count). The Kier molecular flexibility index (Phi) is 4.70. The van der Waals surface area contributed by atoms with Gasteiger partial charge in [-0.05, 0) is 43.3 Å². The number of nitrogens with two attached hydrogens (primary N) is 1. The maximum Gasteiger partial charge on any atom is 0.256 e. The highest BCUT2D eigenvalue weighted by Gasteiger charge is 2.11. The number of rotatable bonds is 2. The fourth-order valence-electron chi connectivity index (χ4n) is 1.83. The third kappa shape index (κ3) is 3.91. The third-order valence-corrected chi connectivity index (χ3v) is 2.85. The largest absolute Gasteiger partial charge is 0.322 e. The van der Waals surface area contributed by atoms with Crippen LogP contribution in [0.4, 0.5) is 10.1 Å². The molecule has 3 nitrogen and oxygen atoms in total. The van der Waals surface area contributed by atoms with Crippen molar-refractivity contribution in [3.8, 4) is 11.8 Å². The summed E-state index contributed by atoms with van der Waals surface area (Å²) in [5, 5.41) is 2.72. The number of hydrogen-bond acceptors (Lipinski definition) is 2. The Morgan fingerprint density at radius 3 is 2.62 bits per heavy atom. The van der Waals surface area contributed by atoms with Gasteiger partial charge in [-0.2, -0.15) is 0 Å². The second-order valence-corrected chi connectivity index (χ2v) is 4.52. The van der Waals surface area contributed by atoms with Crippen molar-refractivity contribution < 1.29 is 9.18 Å². The zero-order valence-corrected chi connectivity index (χ0v) is 11.6. The number of carbonyl (C=O) groups is 1. The SMILES string of the molecule is Cc1ccc(C#CCN)c(C(=O)Nc2ccc(F)cc2)c1. The molecule has 0 fully saturated rings. The van der Waals surface area contributed by atoms with Gasteiger partial charge in [-0.25, -0.2) is 4.39 Å². The fourth-order valence-corrected chi connectivity index (χ4v) is 1.83. The van der Waals surface area contributed by atoms with Crippen LogP contribution in [0.2, 0.25) is 0 Å². The van der Waals surface area contributed by atoms with Crippen molar-refractivity contribution in [2.75, 3.05) is 11.9 Å². The minimum Gasteiger partial charge on any atom is -0.322 e. The van der Waals surface area contributed by atoms with Gasteiger partial charge in [0.2, 0.25) is 0 Å². The monoisotopic (exact) mass is 282 g/mol. The summed E-state index contributed by atoms with van der Waals surface area (Å²) in [5.41, 5.74) is 7.93. The molecule has 1 amide bonds. The van der Waals surface area contributed by atoms with Crippen molar-refractivity contribution in [2.24, 2.45) is 5.73 Å². The molecule has 0 aliphatic heterocycles. The van der Waals surface area contributed by atoms with Gasteiger partial charge in [-0.15, -0.1) is 0 Å². The van der Waals surface area contributed by atoms with E-state index in [1.165, 1.54) is 24.3 Å². The van der Waals surface area contributed by atoms with E-state index in [1.807, 2.05) is 13.0 Å². The van der Waals surface area contributed by atoms with Gasteiger partial charge in [0.25, 0.3) is 5.91 Å². The molecule has 0 atom stereocenters. The number of amides is 1. The van der Waals surface area contributed by atoms with Crippen LogP contribution in [0.25, 0.3) is 0 Å². The Morgan fingerprint density at radius 2 is 1.95 bits per heavy atom. The smallest absolute Gasteiger partial charge is 0.256 e. The Labute approximate surface area is 123 Å². The van der Waals surface area contributed by atoms with Gasteiger partial charge < -0.3 is 11.1 Å². The van der Waals surface area contributed by atoms with Gasteiger partial charge in [-0.3, -0.25) is 4.79 Å². The molecule has 2 aromatic rings. The Balaban J connectivity index is 2.29. The van der Waals surface area contributed by atoms with E-state index >= 15 is 0 Å². The van der Waals surface area contributed by atoms with E-state index in [9.17, 15) is 9.18 Å². The Hall–Kier alpha value is -2.64. The molecule has 0 unspecified atom stereocenters. The highest BCUT2D eigenvalue weighted by molar-refractivity contribution is 6.06. The van der Waals surface area contributed by atoms with Gasteiger partial charge in [0.15, 0.2) is 0 Å². The molecule has 0 saturated heterocycles. The molecule has 2 aromatic carbocycles. The molecule has 0 spiro atoms. The quantitative estimate of drug-likeness (QED) is 0.832. The number of carbonyl (C=O) groups excluding carboxylic acids is 1. The van der Waals surface area contributed by atoms with E-state index < -0.39 is 0 Å². The summed E-state index contributed by atoms with van der Waals surface area (Å²) < 4.78 is 12.9. The van der Waals surface area contributed by atoms with Crippen LogP contribution in [0.1, 0.15) is 21.5 Å². The minimum absolute atomic E-state index is 0.229. The number of hydrogen-bond donors (Lipinski definition) is 2. The molecule has 3 N–H and O–H groups in total. The third-order valence-electron chi connectivity index (χ3n) is 2.85. The summed E-state index contributed by atoms with van der Waals surface area (Å²) in [5.74, 6) is 4.98. The molecule has 0 aromatic heterocycles. The van der Waals surface area contributed by atoms with Crippen molar-refractivity contribution in [1.82, 2.24) is 0 Å². The maximum absolute atomic E-state index is 12.9. The number of halogens is 1. The van der Waals surface area contributed by atoms with Crippen molar-refractivity contribution in [1.29, 1.82) is 0 Å². The van der Waals surface area contributed by atoms with Crippen LogP contribution in [0.5, 0.6) is 0 Å². The van der Waals surface area contributed by atoms with Crippen molar-refractivity contribution in [3.63, 3.8) is 0 Å². The summed E-state index contributed by atoms with van der Waals surface area (Å²) in [7, 11) is 0. The van der Waals surface area contributed by atoms with E-state index in [2.05, 4.69) is 17.2 Å². The van der Waals surface area contributed by atoms with Crippen molar-refractivity contribution >= 4 is 11.6 Å². The number of aryl methyl sites for hydroxylation is 1. The van der Waals surface area contributed by atoms with E-state index in [0.29, 0.717) is 16.8 Å². The molecular weight excluding hydrogens is 267 g/mol. The highest BCUT2D eigenvalue weighted by atomic mass is 19.1. The summed E-state index contributed by atoms with van der Waals surface area (Å²) in [6.07, 6.45) is 0. The molecule has 0 aliphatic carbocycles. The number of benzene rings is 2. The lowest BCUT2D eigenvalue weighted by atomic mass is 10.0. The molecule has 0 radical (unpaired) electrons. The van der Waals surface area contributed by atoms with Crippen LogP contribution in [0.15, 0.2) is 42.5 Å². The summed E-state index contributed by atoms with van der Waals surface area (Å²) in [6, 6.07) is 11.0. The van der Waals surface area contributed by atoms with Crippen LogP contribution < -0.4 is 11.1 Å². The van der Waals surface area contributed by atoms with Crippen LogP contribution >= 0.6 is 0 Å². The second kappa shape index (κ2) is 6.69. The normalized spacial score (nSPS) is 9.67. The van der Waals surface area contributed by atoms with Gasteiger partial charge in [0, 0.05) is 11.3 Å². The lowest BCUT2D eigenvalue weighted by Crippen LogP contribution is -2.14. The van der Waals surface area contributed by atoms with Crippen LogP contribution in [0, 0.1) is 24.6 Å². The summed E-state index contributed by atoms with van der Waals surface area (Å²) in [6.45, 7) is 2.13. The van der Waals surface area contributed by atoms with E-state index in [-0.39, 0.29) is 18.3 Å². The predicted molar refractivity (Wildman–Crippen MR) is 81.5 cm³/mol. The first-order chi connectivity index (χ1) is 10.1. The molecule has 4 heteroatoms. The fraction of sp³-hybridized carbons (Fsp3) is 0.118. The summed E-state index contributed by atoms with van der Waals surface area (Å²) >= 11 is 0. The van der Waals surface area contributed by atoms with Crippen molar-refractivity contribution in [2.45, 2.75) is 6.92 Å². The lowest BCUT2D eigenvalue weighted by molar-refractivity contribution is 0.102. The van der Waals surface area contributed by atoms with Gasteiger partial charge in [0.1, 0.15) is 5.82 Å². The molecular formula is C17H15FN2O. The molecule has 21 heavy (non-hydrogen) atoms. The molecule has 0 bridgehead atoms. The first-order valence-corrected chi connectivity index (χ1v) is 6.46. The average molecular weight is 282 g/mol. The van der Waals surface area contributed by atoms with Gasteiger partial charge in [0.05, 0.1) is 12.1 Å². The zero-order valence-electron chi connectivity index (χ0n) is 11.6. The zero-order chi connectivity index (χ0) is 15.2. The second-order valence-electron chi connectivity index (χ2n) is 4.52. The minimum atomic E-state index is -0.349. The first kappa shape index (κ1) is 14.8. The standard InChI is InChI=1S/C17H15FN2O/c1-12-4-5-13(3-2-10-19)16(11-12)17(21)20-15-8-6-14(18)7-9-15/h4-9,11H,10,19H2,1H3,(H,20,21). The topological polar surface area (TPSA) is 55.1 Å². The van der Waals surface area contributed by atoms with E-state index in [1.54, 1.807) is 12.1 Å². The van der Waals surface area contributed by atoms with E-state index in [4.69, 9.17) is 5.73 Å². The first-order valence-electron chi connectivity index (χ1n) is 6.46. The maximum atomic E-state index is 12.9. The molecule has 0 aliphatic rings. The van der Waals surface area contributed by atoms with Crippen LogP contribution in [-0.2, 0) is 0 Å². The Morgan fingerprint density at radius 1 is 1.24 bits per heavy atom. The lowest BCUT2D eigenvalue weighted by Gasteiger charge is -2.08. The van der Waals surface area contributed by atoms with Gasteiger partial charge in [-0.1, -0.05) is 23.5 Å². The van der Waals surface area contributed by atoms with Gasteiger partial charge >= 0.3 is 0 Å². The molecule has 0 saturated carbocycles. The Bertz CT molecular complexity index is 712. The molecule has 106 valence electrons. The van der Waals surface area contributed by atoms with Crippen LogP contribution in [0.3, 0.4) is 0 Å². The predicted octanol–water partition coefficient (Wildman–Crippen LogP) is 2.70.